The van der Waals surface area contributed by atoms with Crippen molar-refractivity contribution in [2.45, 2.75) is 37.0 Å². The molecule has 1 heterocycles. The Bertz CT molecular complexity index is 1360. The second kappa shape index (κ2) is 13.6. The van der Waals surface area contributed by atoms with Crippen LogP contribution in [0.15, 0.2) is 47.0 Å². The zero-order chi connectivity index (χ0) is 29.8. The average Bonchev–Trinajstić information content (AvgIpc) is 3.27. The number of benzene rings is 1. The number of carboxylic acid groups (broad SMARTS) is 1. The largest absolute Gasteiger partial charge is 0.495 e. The highest BCUT2D eigenvalue weighted by atomic mass is 79.9. The van der Waals surface area contributed by atoms with Crippen LogP contribution in [0.3, 0.4) is 0 Å². The molecule has 0 bridgehead atoms. The van der Waals surface area contributed by atoms with Crippen LogP contribution in [0, 0.1) is 0 Å². The molecule has 1 amide bonds. The van der Waals surface area contributed by atoms with Crippen LogP contribution >= 0.6 is 63.7 Å². The van der Waals surface area contributed by atoms with E-state index in [0.29, 0.717) is 41.4 Å². The lowest BCUT2D eigenvalue weighted by molar-refractivity contribution is -0.139. The number of aliphatic hydroxyl groups is 1. The first-order chi connectivity index (χ1) is 18.7. The number of amides is 1. The second-order valence-corrected chi connectivity index (χ2v) is 13.2. The van der Waals surface area contributed by atoms with E-state index in [9.17, 15) is 28.2 Å². The zero-order valence-corrected chi connectivity index (χ0v) is 27.6. The normalized spacial score (nSPS) is 21.4. The summed E-state index contributed by atoms with van der Waals surface area (Å²) in [6.07, 6.45) is 0.686. The topological polar surface area (TPSA) is 193 Å². The van der Waals surface area contributed by atoms with E-state index >= 15 is 0 Å². The Morgan fingerprint density at radius 2 is 1.90 bits per heavy atom. The summed E-state index contributed by atoms with van der Waals surface area (Å²) < 4.78 is 45.5. The lowest BCUT2D eigenvalue weighted by atomic mass is 9.87. The minimum Gasteiger partial charge on any atom is -0.495 e. The van der Waals surface area contributed by atoms with E-state index < -0.39 is 39.9 Å². The van der Waals surface area contributed by atoms with Gasteiger partial charge in [-0.15, -0.1) is 0 Å². The maximum absolute atomic E-state index is 12.6. The fourth-order valence-electron chi connectivity index (χ4n) is 3.83. The Labute approximate surface area is 262 Å². The Balaban J connectivity index is 1.50. The monoisotopic (exact) mass is 837 g/mol. The van der Waals surface area contributed by atoms with Gasteiger partial charge in [0.25, 0.3) is 5.91 Å². The molecule has 3 atom stereocenters. The lowest BCUT2D eigenvalue weighted by Crippen LogP contribution is -2.45. The number of methoxy groups -OCH3 is 1. The van der Waals surface area contributed by atoms with E-state index in [1.165, 1.54) is 7.11 Å². The average molecular weight is 841 g/mol. The summed E-state index contributed by atoms with van der Waals surface area (Å²) in [5.74, 6) is -1.09. The van der Waals surface area contributed by atoms with E-state index in [1.807, 2.05) is 0 Å². The van der Waals surface area contributed by atoms with Crippen LogP contribution in [-0.2, 0) is 35.9 Å². The van der Waals surface area contributed by atoms with Crippen molar-refractivity contribution >= 4 is 91.6 Å². The Morgan fingerprint density at radius 3 is 2.48 bits per heavy atom. The fraction of sp³-hybridized carbons (Fsp3) is 0.409. The third-order valence-electron chi connectivity index (χ3n) is 5.68. The third kappa shape index (κ3) is 8.05. The number of ether oxygens (including phenoxy) is 2. The standard InChI is InChI=1S/C22H23Br4N3O10S/c1-37-18-13(25)8-22(19(30)16(18)26)9-15(28-39-22)20(31)27-3-2-4-38-17-11(23)5-10(6-12(17)24)7-14(21(32)33)29-40(34,35)36/h5-6,8,14,19,29-30H,2-4,7,9H2,1H3,(H,27,31)(H,32,33)(H,34,35,36). The predicted molar refractivity (Wildman–Crippen MR) is 157 cm³/mol. The quantitative estimate of drug-likeness (QED) is 0.155. The molecule has 2 aliphatic rings. The maximum Gasteiger partial charge on any atom is 0.334 e. The van der Waals surface area contributed by atoms with Crippen molar-refractivity contribution < 1.29 is 47.1 Å². The van der Waals surface area contributed by atoms with Crippen LogP contribution in [-0.4, -0.2) is 78.8 Å². The summed E-state index contributed by atoms with van der Waals surface area (Å²) in [6, 6.07) is 1.55. The first-order valence-corrected chi connectivity index (χ1v) is 15.9. The van der Waals surface area contributed by atoms with Gasteiger partial charge in [-0.3, -0.25) is 14.1 Å². The zero-order valence-electron chi connectivity index (χ0n) is 20.5. The molecule has 1 aliphatic carbocycles. The molecule has 0 saturated carbocycles. The number of aliphatic carboxylic acids is 1. The molecule has 13 nitrogen and oxygen atoms in total. The lowest BCUT2D eigenvalue weighted by Gasteiger charge is -2.33. The molecule has 0 fully saturated rings. The minimum absolute atomic E-state index is 0.0342. The first kappa shape index (κ1) is 33.0. The van der Waals surface area contributed by atoms with Crippen molar-refractivity contribution in [1.29, 1.82) is 0 Å². The number of carbonyl (C=O) groups is 2. The van der Waals surface area contributed by atoms with Gasteiger partial charge < -0.3 is 29.8 Å². The smallest absolute Gasteiger partial charge is 0.334 e. The summed E-state index contributed by atoms with van der Waals surface area (Å²) in [5, 5.41) is 26.5. The molecule has 0 radical (unpaired) electrons. The van der Waals surface area contributed by atoms with Crippen molar-refractivity contribution in [2.75, 3.05) is 20.3 Å². The Hall–Kier alpha value is -1.54. The number of nitrogens with one attached hydrogen (secondary N) is 2. The Morgan fingerprint density at radius 1 is 1.25 bits per heavy atom. The van der Waals surface area contributed by atoms with Crippen LogP contribution in [0.4, 0.5) is 0 Å². The van der Waals surface area contributed by atoms with Gasteiger partial charge in [0.15, 0.2) is 5.60 Å². The van der Waals surface area contributed by atoms with Crippen molar-refractivity contribution in [2.24, 2.45) is 5.16 Å². The number of carbonyl (C=O) groups excluding carboxylic acids is 1. The van der Waals surface area contributed by atoms with E-state index in [4.69, 9.17) is 18.9 Å². The first-order valence-electron chi connectivity index (χ1n) is 11.3. The molecule has 5 N–H and O–H groups in total. The number of rotatable bonds is 12. The van der Waals surface area contributed by atoms with Crippen LogP contribution in [0.25, 0.3) is 0 Å². The summed E-state index contributed by atoms with van der Waals surface area (Å²) in [7, 11) is -3.25. The van der Waals surface area contributed by atoms with E-state index in [-0.39, 0.29) is 31.7 Å². The Kier molecular flexibility index (Phi) is 11.2. The third-order valence-corrected chi connectivity index (χ3v) is 8.83. The van der Waals surface area contributed by atoms with Crippen molar-refractivity contribution in [3.05, 3.63) is 47.4 Å². The van der Waals surface area contributed by atoms with Gasteiger partial charge in [0.05, 0.1) is 31.6 Å². The molecular weight excluding hydrogens is 818 g/mol. The van der Waals surface area contributed by atoms with Gasteiger partial charge in [-0.2, -0.15) is 13.1 Å². The molecule has 1 aliphatic heterocycles. The molecule has 1 spiro atoms. The molecule has 40 heavy (non-hydrogen) atoms. The highest BCUT2D eigenvalue weighted by Gasteiger charge is 2.50. The molecule has 3 unspecified atom stereocenters. The second-order valence-electron chi connectivity index (χ2n) is 8.57. The minimum atomic E-state index is -4.71. The number of halogens is 4. The fourth-order valence-corrected chi connectivity index (χ4v) is 7.68. The summed E-state index contributed by atoms with van der Waals surface area (Å²) in [5.41, 5.74) is -0.695. The van der Waals surface area contributed by atoms with Crippen molar-refractivity contribution in [1.82, 2.24) is 10.0 Å². The molecule has 3 rings (SSSR count). The summed E-state index contributed by atoms with van der Waals surface area (Å²) in [4.78, 5) is 29.4. The number of allylic oxidation sites excluding steroid dienone is 1. The van der Waals surface area contributed by atoms with Gasteiger partial charge in [-0.25, -0.2) is 0 Å². The molecule has 18 heteroatoms. The van der Waals surface area contributed by atoms with E-state index in [1.54, 1.807) is 22.9 Å². The van der Waals surface area contributed by atoms with Gasteiger partial charge >= 0.3 is 16.3 Å². The van der Waals surface area contributed by atoms with Crippen molar-refractivity contribution in [3.63, 3.8) is 0 Å². The number of aliphatic hydroxyl groups excluding tert-OH is 1. The van der Waals surface area contributed by atoms with E-state index in [2.05, 4.69) is 74.2 Å². The molecule has 1 aromatic carbocycles. The SMILES string of the molecule is COC1=C(Br)C(O)C2(C=C1Br)CC(C(=O)NCCCOc1c(Br)cc(CC(NS(=O)(=O)O)C(=O)O)cc1Br)=NO2. The van der Waals surface area contributed by atoms with Crippen LogP contribution in [0.5, 0.6) is 5.75 Å². The van der Waals surface area contributed by atoms with Gasteiger partial charge in [0, 0.05) is 13.0 Å². The number of hydrogen-bond donors (Lipinski definition) is 5. The van der Waals surface area contributed by atoms with Crippen molar-refractivity contribution in [3.8, 4) is 5.75 Å². The number of carboxylic acids is 1. The summed E-state index contributed by atoms with van der Waals surface area (Å²) in [6.45, 7) is 0.455. The van der Waals surface area contributed by atoms with Gasteiger partial charge in [0.1, 0.15) is 29.4 Å². The molecule has 0 aromatic heterocycles. The van der Waals surface area contributed by atoms with Crippen LogP contribution < -0.4 is 14.8 Å². The number of nitrogens with zero attached hydrogens (tertiary/aromatic N) is 1. The predicted octanol–water partition coefficient (Wildman–Crippen LogP) is 2.91. The molecule has 0 saturated heterocycles. The summed E-state index contributed by atoms with van der Waals surface area (Å²) >= 11 is 13.4. The molecule has 220 valence electrons. The van der Waals surface area contributed by atoms with E-state index in [0.717, 1.165) is 0 Å². The number of oxime groups is 1. The molecular formula is C22H23Br4N3O10S. The van der Waals surface area contributed by atoms with Gasteiger partial charge in [-0.05, 0) is 100 Å². The van der Waals surface area contributed by atoms with Crippen LogP contribution in [0.2, 0.25) is 0 Å². The highest BCUT2D eigenvalue weighted by Crippen LogP contribution is 2.44. The molecule has 1 aromatic rings. The van der Waals surface area contributed by atoms with Crippen LogP contribution in [0.1, 0.15) is 18.4 Å². The highest BCUT2D eigenvalue weighted by molar-refractivity contribution is 9.12. The van der Waals surface area contributed by atoms with Gasteiger partial charge in [0.2, 0.25) is 0 Å². The number of hydrogen-bond acceptors (Lipinski definition) is 9. The maximum atomic E-state index is 12.6. The van der Waals surface area contributed by atoms with Gasteiger partial charge in [-0.1, -0.05) is 5.16 Å².